The van der Waals surface area contributed by atoms with E-state index in [2.05, 4.69) is 6.58 Å². The SMILES string of the molecule is C=C(C)C=Cc1c(OC)cc(OC)c2c1O[C@H](c1ccccc1)CC2=O. The fourth-order valence-electron chi connectivity index (χ4n) is 3.04. The van der Waals surface area contributed by atoms with Crippen molar-refractivity contribution in [1.82, 2.24) is 0 Å². The van der Waals surface area contributed by atoms with Gasteiger partial charge < -0.3 is 14.2 Å². The van der Waals surface area contributed by atoms with Crippen LogP contribution in [0.25, 0.3) is 6.08 Å². The zero-order valence-corrected chi connectivity index (χ0v) is 15.2. The van der Waals surface area contributed by atoms with Crippen LogP contribution in [0.3, 0.4) is 0 Å². The number of methoxy groups -OCH3 is 2. The van der Waals surface area contributed by atoms with E-state index in [4.69, 9.17) is 14.2 Å². The van der Waals surface area contributed by atoms with Gasteiger partial charge in [0.2, 0.25) is 0 Å². The van der Waals surface area contributed by atoms with E-state index in [-0.39, 0.29) is 18.3 Å². The summed E-state index contributed by atoms with van der Waals surface area (Å²) < 4.78 is 17.2. The molecule has 0 saturated heterocycles. The summed E-state index contributed by atoms with van der Waals surface area (Å²) in [6.07, 6.45) is 3.65. The minimum atomic E-state index is -0.343. The first-order chi connectivity index (χ1) is 12.5. The Bertz CT molecular complexity index is 865. The Morgan fingerprint density at radius 3 is 2.50 bits per heavy atom. The molecule has 0 bridgehead atoms. The topological polar surface area (TPSA) is 44.8 Å². The highest BCUT2D eigenvalue weighted by Gasteiger charge is 2.33. The number of hydrogen-bond acceptors (Lipinski definition) is 4. The number of carbonyl (C=O) groups is 1. The molecule has 134 valence electrons. The van der Waals surface area contributed by atoms with Crippen LogP contribution in [0.15, 0.2) is 54.6 Å². The van der Waals surface area contributed by atoms with E-state index in [1.807, 2.05) is 49.4 Å². The average Bonchev–Trinajstić information content (AvgIpc) is 2.65. The number of benzene rings is 2. The van der Waals surface area contributed by atoms with E-state index < -0.39 is 0 Å². The number of carbonyl (C=O) groups excluding carboxylic acids is 1. The third-order valence-electron chi connectivity index (χ3n) is 4.30. The summed E-state index contributed by atoms with van der Waals surface area (Å²) in [5, 5.41) is 0. The van der Waals surface area contributed by atoms with Crippen molar-refractivity contribution in [1.29, 1.82) is 0 Å². The Morgan fingerprint density at radius 1 is 1.19 bits per heavy atom. The van der Waals surface area contributed by atoms with Gasteiger partial charge in [-0.2, -0.15) is 0 Å². The standard InChI is InChI=1S/C22H22O4/c1-14(2)10-11-16-19(24-3)13-20(25-4)21-17(23)12-18(26-22(16)21)15-8-6-5-7-9-15/h5-11,13,18H,1,12H2,2-4H3/t18-/m0/s1. The smallest absolute Gasteiger partial charge is 0.174 e. The molecule has 0 amide bonds. The lowest BCUT2D eigenvalue weighted by Gasteiger charge is -2.29. The zero-order chi connectivity index (χ0) is 18.7. The van der Waals surface area contributed by atoms with Gasteiger partial charge in [0.1, 0.15) is 28.9 Å². The van der Waals surface area contributed by atoms with Crippen LogP contribution in [0.2, 0.25) is 0 Å². The largest absolute Gasteiger partial charge is 0.496 e. The maximum atomic E-state index is 12.9. The highest BCUT2D eigenvalue weighted by molar-refractivity contribution is 6.04. The second kappa shape index (κ2) is 7.48. The van der Waals surface area contributed by atoms with Crippen molar-refractivity contribution < 1.29 is 19.0 Å². The van der Waals surface area contributed by atoms with Gasteiger partial charge in [-0.25, -0.2) is 0 Å². The van der Waals surface area contributed by atoms with E-state index in [1.165, 1.54) is 7.11 Å². The van der Waals surface area contributed by atoms with E-state index in [0.717, 1.165) is 11.1 Å². The molecule has 0 fully saturated rings. The van der Waals surface area contributed by atoms with Crippen LogP contribution in [0.1, 0.15) is 40.9 Å². The Balaban J connectivity index is 2.17. The summed E-state index contributed by atoms with van der Waals surface area (Å²) in [4.78, 5) is 12.9. The summed E-state index contributed by atoms with van der Waals surface area (Å²) in [5.41, 5.74) is 3.02. The first-order valence-electron chi connectivity index (χ1n) is 8.42. The van der Waals surface area contributed by atoms with Crippen LogP contribution in [-0.4, -0.2) is 20.0 Å². The van der Waals surface area contributed by atoms with E-state index in [0.29, 0.717) is 28.4 Å². The predicted octanol–water partition coefficient (Wildman–Crippen LogP) is 5.00. The van der Waals surface area contributed by atoms with Crippen molar-refractivity contribution in [2.75, 3.05) is 14.2 Å². The Hall–Kier alpha value is -3.01. The Kier molecular flexibility index (Phi) is 5.12. The van der Waals surface area contributed by atoms with Gasteiger partial charge in [0.05, 0.1) is 26.2 Å². The van der Waals surface area contributed by atoms with Gasteiger partial charge in [0, 0.05) is 6.07 Å². The molecule has 0 aromatic heterocycles. The Labute approximate surface area is 153 Å². The molecule has 3 rings (SSSR count). The third kappa shape index (κ3) is 3.36. The van der Waals surface area contributed by atoms with Gasteiger partial charge >= 0.3 is 0 Å². The fraction of sp³-hybridized carbons (Fsp3) is 0.227. The normalized spacial score (nSPS) is 16.1. The lowest BCUT2D eigenvalue weighted by molar-refractivity contribution is 0.0843. The molecule has 1 heterocycles. The molecule has 0 unspecified atom stereocenters. The number of ketones is 1. The van der Waals surface area contributed by atoms with E-state index in [9.17, 15) is 4.79 Å². The average molecular weight is 350 g/mol. The summed E-state index contributed by atoms with van der Waals surface area (Å²) in [7, 11) is 3.12. The number of Topliss-reactive ketones (excluding diaryl/α,β-unsaturated/α-hetero) is 1. The molecule has 0 spiro atoms. The van der Waals surface area contributed by atoms with Gasteiger partial charge in [0.15, 0.2) is 5.78 Å². The second-order valence-corrected chi connectivity index (χ2v) is 6.22. The molecule has 1 aliphatic heterocycles. The monoisotopic (exact) mass is 350 g/mol. The number of rotatable bonds is 5. The molecule has 0 radical (unpaired) electrons. The van der Waals surface area contributed by atoms with Crippen molar-refractivity contribution >= 4 is 11.9 Å². The molecule has 1 aliphatic rings. The molecule has 1 atom stereocenters. The van der Waals surface area contributed by atoms with Crippen LogP contribution < -0.4 is 14.2 Å². The van der Waals surface area contributed by atoms with Crippen molar-refractivity contribution in [3.8, 4) is 17.2 Å². The lowest BCUT2D eigenvalue weighted by Crippen LogP contribution is -2.22. The molecule has 0 N–H and O–H groups in total. The summed E-state index contributed by atoms with van der Waals surface area (Å²) in [5.74, 6) is 1.52. The van der Waals surface area contributed by atoms with Gasteiger partial charge in [-0.3, -0.25) is 4.79 Å². The molecule has 0 aliphatic carbocycles. The molecule has 4 nitrogen and oxygen atoms in total. The van der Waals surface area contributed by atoms with Gasteiger partial charge in [0.25, 0.3) is 0 Å². The van der Waals surface area contributed by atoms with Crippen LogP contribution in [0.5, 0.6) is 17.2 Å². The summed E-state index contributed by atoms with van der Waals surface area (Å²) >= 11 is 0. The summed E-state index contributed by atoms with van der Waals surface area (Å²) in [6.45, 7) is 5.79. The second-order valence-electron chi connectivity index (χ2n) is 6.22. The van der Waals surface area contributed by atoms with Crippen LogP contribution in [0, 0.1) is 0 Å². The van der Waals surface area contributed by atoms with Gasteiger partial charge in [-0.15, -0.1) is 0 Å². The highest BCUT2D eigenvalue weighted by atomic mass is 16.5. The van der Waals surface area contributed by atoms with Crippen molar-refractivity contribution in [2.45, 2.75) is 19.4 Å². The van der Waals surface area contributed by atoms with E-state index in [1.54, 1.807) is 13.2 Å². The zero-order valence-electron chi connectivity index (χ0n) is 15.2. The minimum Gasteiger partial charge on any atom is -0.496 e. The van der Waals surface area contributed by atoms with Crippen LogP contribution in [-0.2, 0) is 0 Å². The Morgan fingerprint density at radius 2 is 1.88 bits per heavy atom. The molecule has 4 heteroatoms. The quantitative estimate of drug-likeness (QED) is 0.712. The minimum absolute atomic E-state index is 0.00965. The molecular weight excluding hydrogens is 328 g/mol. The number of ether oxygens (including phenoxy) is 3. The molecule has 2 aromatic carbocycles. The first kappa shape index (κ1) is 17.8. The maximum absolute atomic E-state index is 12.9. The first-order valence-corrected chi connectivity index (χ1v) is 8.42. The van der Waals surface area contributed by atoms with Crippen LogP contribution >= 0.6 is 0 Å². The van der Waals surface area contributed by atoms with Crippen molar-refractivity contribution in [3.63, 3.8) is 0 Å². The fourth-order valence-corrected chi connectivity index (χ4v) is 3.04. The molecular formula is C22H22O4. The highest BCUT2D eigenvalue weighted by Crippen LogP contribution is 2.46. The summed E-state index contributed by atoms with van der Waals surface area (Å²) in [6, 6.07) is 11.5. The molecule has 26 heavy (non-hydrogen) atoms. The van der Waals surface area contributed by atoms with E-state index >= 15 is 0 Å². The number of hydrogen-bond donors (Lipinski definition) is 0. The van der Waals surface area contributed by atoms with Crippen molar-refractivity contribution in [2.24, 2.45) is 0 Å². The van der Waals surface area contributed by atoms with Gasteiger partial charge in [-0.1, -0.05) is 48.6 Å². The van der Waals surface area contributed by atoms with Crippen molar-refractivity contribution in [3.05, 3.63) is 71.3 Å². The lowest BCUT2D eigenvalue weighted by atomic mass is 9.93. The predicted molar refractivity (Wildman–Crippen MR) is 102 cm³/mol. The maximum Gasteiger partial charge on any atom is 0.174 e. The van der Waals surface area contributed by atoms with Crippen LogP contribution in [0.4, 0.5) is 0 Å². The number of fused-ring (bicyclic) bond motifs is 1. The van der Waals surface area contributed by atoms with Gasteiger partial charge in [-0.05, 0) is 18.6 Å². The third-order valence-corrected chi connectivity index (χ3v) is 4.30. The molecule has 0 saturated carbocycles. The number of allylic oxidation sites excluding steroid dienone is 2. The molecule has 2 aromatic rings.